The highest BCUT2D eigenvalue weighted by atomic mass is 16.5. The van der Waals surface area contributed by atoms with Gasteiger partial charge in [-0.25, -0.2) is 4.98 Å². The van der Waals surface area contributed by atoms with Crippen molar-refractivity contribution in [3.63, 3.8) is 0 Å². The van der Waals surface area contributed by atoms with Crippen LogP contribution in [-0.2, 0) is 0 Å². The van der Waals surface area contributed by atoms with E-state index in [1.807, 2.05) is 42.5 Å². The molecular weight excluding hydrogens is 264 g/mol. The Morgan fingerprint density at radius 2 is 1.86 bits per heavy atom. The van der Waals surface area contributed by atoms with Crippen molar-refractivity contribution in [1.82, 2.24) is 9.97 Å². The quantitative estimate of drug-likeness (QED) is 0.754. The lowest BCUT2D eigenvalue weighted by atomic mass is 10.1. The summed E-state index contributed by atoms with van der Waals surface area (Å²) in [5.74, 6) is 1.92. The number of benzene rings is 2. The topological polar surface area (TPSA) is 73.1 Å². The number of anilines is 2. The van der Waals surface area contributed by atoms with Crippen LogP contribution in [0.5, 0.6) is 5.75 Å². The summed E-state index contributed by atoms with van der Waals surface area (Å²) in [6.45, 7) is 0.581. The number of ether oxygens (including phenoxy) is 1. The highest BCUT2D eigenvalue weighted by Crippen LogP contribution is 2.35. The van der Waals surface area contributed by atoms with Gasteiger partial charge in [-0.3, -0.25) is 0 Å². The molecular formula is C16H14N4O. The lowest BCUT2D eigenvalue weighted by Gasteiger charge is -2.14. The minimum absolute atomic E-state index is 0.0684. The van der Waals surface area contributed by atoms with E-state index < -0.39 is 0 Å². The number of hydrogen-bond donors (Lipinski definition) is 2. The molecule has 0 saturated heterocycles. The number of para-hydroxylation sites is 2. The Kier molecular flexibility index (Phi) is 2.64. The van der Waals surface area contributed by atoms with Crippen LogP contribution in [0.3, 0.4) is 0 Å². The minimum atomic E-state index is 0.0684. The predicted octanol–water partition coefficient (Wildman–Crippen LogP) is 2.76. The van der Waals surface area contributed by atoms with Crippen LogP contribution in [0.4, 0.5) is 11.8 Å². The van der Waals surface area contributed by atoms with Crippen molar-refractivity contribution in [3.8, 4) is 5.75 Å². The van der Waals surface area contributed by atoms with Gasteiger partial charge < -0.3 is 15.8 Å². The fraction of sp³-hybridized carbons (Fsp3) is 0.125. The molecule has 1 unspecified atom stereocenters. The molecule has 2 heterocycles. The third-order valence-electron chi connectivity index (χ3n) is 3.63. The molecule has 5 nitrogen and oxygen atoms in total. The molecule has 5 heteroatoms. The van der Waals surface area contributed by atoms with Crippen LogP contribution in [-0.4, -0.2) is 16.6 Å². The van der Waals surface area contributed by atoms with Gasteiger partial charge in [-0.1, -0.05) is 30.3 Å². The summed E-state index contributed by atoms with van der Waals surface area (Å²) in [4.78, 5) is 8.59. The predicted molar refractivity (Wildman–Crippen MR) is 82.3 cm³/mol. The summed E-state index contributed by atoms with van der Waals surface area (Å²) in [5, 5.41) is 4.38. The monoisotopic (exact) mass is 278 g/mol. The summed E-state index contributed by atoms with van der Waals surface area (Å²) in [6.07, 6.45) is 0. The SMILES string of the molecule is Nc1nc(NC2COc3ccccc32)c2ccccc2n1. The molecule has 1 atom stereocenters. The van der Waals surface area contributed by atoms with Crippen molar-refractivity contribution in [2.75, 3.05) is 17.7 Å². The lowest BCUT2D eigenvalue weighted by molar-refractivity contribution is 0.339. The molecule has 0 saturated carbocycles. The Labute approximate surface area is 121 Å². The van der Waals surface area contributed by atoms with Crippen LogP contribution in [0.15, 0.2) is 48.5 Å². The second-order valence-electron chi connectivity index (χ2n) is 4.99. The maximum Gasteiger partial charge on any atom is 0.222 e. The van der Waals surface area contributed by atoms with Gasteiger partial charge in [0.15, 0.2) is 0 Å². The van der Waals surface area contributed by atoms with Crippen molar-refractivity contribution in [2.45, 2.75) is 6.04 Å². The van der Waals surface area contributed by atoms with Gasteiger partial charge in [0.25, 0.3) is 0 Å². The van der Waals surface area contributed by atoms with Gasteiger partial charge in [-0.05, 0) is 18.2 Å². The molecule has 0 spiro atoms. The third-order valence-corrected chi connectivity index (χ3v) is 3.63. The summed E-state index contributed by atoms with van der Waals surface area (Å²) in [6, 6.07) is 15.9. The Morgan fingerprint density at radius 3 is 2.81 bits per heavy atom. The zero-order valence-electron chi connectivity index (χ0n) is 11.3. The second kappa shape index (κ2) is 4.63. The summed E-state index contributed by atoms with van der Waals surface area (Å²) in [5.41, 5.74) is 7.77. The van der Waals surface area contributed by atoms with Crippen LogP contribution in [0.2, 0.25) is 0 Å². The molecule has 0 fully saturated rings. The van der Waals surface area contributed by atoms with Crippen molar-refractivity contribution in [1.29, 1.82) is 0 Å². The Bertz CT molecular complexity index is 818. The van der Waals surface area contributed by atoms with Crippen molar-refractivity contribution < 1.29 is 4.74 Å². The smallest absolute Gasteiger partial charge is 0.222 e. The first-order valence-electron chi connectivity index (χ1n) is 6.82. The van der Waals surface area contributed by atoms with E-state index in [0.717, 1.165) is 28.0 Å². The molecule has 104 valence electrons. The average Bonchev–Trinajstić information content (AvgIpc) is 2.90. The maximum absolute atomic E-state index is 5.80. The first-order chi connectivity index (χ1) is 10.3. The molecule has 1 aromatic heterocycles. The number of nitrogens with zero attached hydrogens (tertiary/aromatic N) is 2. The van der Waals surface area contributed by atoms with Gasteiger partial charge in [-0.2, -0.15) is 4.98 Å². The number of nitrogens with two attached hydrogens (primary N) is 1. The van der Waals surface area contributed by atoms with E-state index in [-0.39, 0.29) is 12.0 Å². The third kappa shape index (κ3) is 2.03. The molecule has 0 aliphatic carbocycles. The number of nitrogens with one attached hydrogen (secondary N) is 1. The highest BCUT2D eigenvalue weighted by molar-refractivity contribution is 5.90. The van der Waals surface area contributed by atoms with Gasteiger partial charge in [0.1, 0.15) is 18.2 Å². The number of rotatable bonds is 2. The van der Waals surface area contributed by atoms with Crippen molar-refractivity contribution in [2.24, 2.45) is 0 Å². The van der Waals surface area contributed by atoms with E-state index >= 15 is 0 Å². The normalized spacial score (nSPS) is 16.5. The van der Waals surface area contributed by atoms with Crippen LogP contribution in [0.1, 0.15) is 11.6 Å². The average molecular weight is 278 g/mol. The molecule has 2 aromatic carbocycles. The number of hydrogen-bond acceptors (Lipinski definition) is 5. The van der Waals surface area contributed by atoms with Gasteiger partial charge in [0.2, 0.25) is 5.95 Å². The van der Waals surface area contributed by atoms with E-state index in [2.05, 4.69) is 21.4 Å². The largest absolute Gasteiger partial charge is 0.491 e. The van der Waals surface area contributed by atoms with Gasteiger partial charge >= 0.3 is 0 Å². The summed E-state index contributed by atoms with van der Waals surface area (Å²) in [7, 11) is 0. The van der Waals surface area contributed by atoms with Crippen LogP contribution in [0.25, 0.3) is 10.9 Å². The minimum Gasteiger partial charge on any atom is -0.491 e. The molecule has 4 rings (SSSR count). The number of aromatic nitrogens is 2. The van der Waals surface area contributed by atoms with Crippen LogP contribution >= 0.6 is 0 Å². The molecule has 21 heavy (non-hydrogen) atoms. The lowest BCUT2D eigenvalue weighted by Crippen LogP contribution is -2.14. The van der Waals surface area contributed by atoms with E-state index in [9.17, 15) is 0 Å². The first-order valence-corrected chi connectivity index (χ1v) is 6.82. The Balaban J connectivity index is 1.76. The summed E-state index contributed by atoms with van der Waals surface area (Å²) < 4.78 is 5.69. The summed E-state index contributed by atoms with van der Waals surface area (Å²) >= 11 is 0. The van der Waals surface area contributed by atoms with Crippen LogP contribution < -0.4 is 15.8 Å². The molecule has 1 aliphatic rings. The molecule has 0 amide bonds. The Morgan fingerprint density at radius 1 is 1.05 bits per heavy atom. The fourth-order valence-electron chi connectivity index (χ4n) is 2.65. The molecule has 3 aromatic rings. The van der Waals surface area contributed by atoms with E-state index in [4.69, 9.17) is 10.5 Å². The van der Waals surface area contributed by atoms with E-state index in [1.165, 1.54) is 0 Å². The van der Waals surface area contributed by atoms with Gasteiger partial charge in [0, 0.05) is 10.9 Å². The van der Waals surface area contributed by atoms with Gasteiger partial charge in [0.05, 0.1) is 11.6 Å². The van der Waals surface area contributed by atoms with Crippen molar-refractivity contribution >= 4 is 22.7 Å². The zero-order chi connectivity index (χ0) is 14.2. The number of fused-ring (bicyclic) bond motifs is 2. The van der Waals surface area contributed by atoms with E-state index in [1.54, 1.807) is 0 Å². The van der Waals surface area contributed by atoms with Crippen LogP contribution in [0, 0.1) is 0 Å². The van der Waals surface area contributed by atoms with Crippen molar-refractivity contribution in [3.05, 3.63) is 54.1 Å². The second-order valence-corrected chi connectivity index (χ2v) is 4.99. The van der Waals surface area contributed by atoms with E-state index in [0.29, 0.717) is 6.61 Å². The maximum atomic E-state index is 5.80. The Hall–Kier alpha value is -2.82. The molecule has 0 bridgehead atoms. The van der Waals surface area contributed by atoms with Gasteiger partial charge in [-0.15, -0.1) is 0 Å². The number of nitrogen functional groups attached to an aromatic ring is 1. The molecule has 1 aliphatic heterocycles. The standard InChI is InChI=1S/C16H14N4O/c17-16-19-12-7-3-1-6-11(12)15(20-16)18-13-9-21-14-8-4-2-5-10(13)14/h1-8,13H,9H2,(H3,17,18,19,20). The highest BCUT2D eigenvalue weighted by Gasteiger charge is 2.24. The zero-order valence-corrected chi connectivity index (χ0v) is 11.3. The molecule has 0 radical (unpaired) electrons. The fourth-order valence-corrected chi connectivity index (χ4v) is 2.65. The molecule has 3 N–H and O–H groups in total. The first kappa shape index (κ1) is 12.0.